The zero-order chi connectivity index (χ0) is 32.1. The minimum atomic E-state index is -0.850. The van der Waals surface area contributed by atoms with Gasteiger partial charge < -0.3 is 10.1 Å². The third kappa shape index (κ3) is 6.28. The van der Waals surface area contributed by atoms with Gasteiger partial charge in [0.1, 0.15) is 23.3 Å². The number of benzene rings is 4. The monoisotopic (exact) mass is 611 g/mol. The molecule has 0 bridgehead atoms. The van der Waals surface area contributed by atoms with E-state index in [1.807, 2.05) is 86.1 Å². The second-order valence-electron chi connectivity index (χ2n) is 11.9. The fourth-order valence-electron chi connectivity index (χ4n) is 5.58. The van der Waals surface area contributed by atoms with Crippen LogP contribution in [0.15, 0.2) is 134 Å². The lowest BCUT2D eigenvalue weighted by Crippen LogP contribution is -2.38. The molecule has 4 aromatic carbocycles. The number of alkyl carbamates (subject to hydrolysis) is 1. The fraction of sp³-hybridized carbons (Fsp3) is 0.158. The molecule has 230 valence electrons. The van der Waals surface area contributed by atoms with Gasteiger partial charge in [0.15, 0.2) is 5.82 Å². The molecular formula is C38H34FN5O2. The lowest BCUT2D eigenvalue weighted by molar-refractivity contribution is 0.0523. The van der Waals surface area contributed by atoms with Gasteiger partial charge in [-0.1, -0.05) is 91.0 Å². The number of nitrogens with one attached hydrogen (secondary N) is 1. The number of hydrogen-bond acceptors (Lipinski definition) is 5. The molecule has 0 aliphatic rings. The quantitative estimate of drug-likeness (QED) is 0.176. The van der Waals surface area contributed by atoms with Gasteiger partial charge in [-0.2, -0.15) is 0 Å². The summed E-state index contributed by atoms with van der Waals surface area (Å²) in [6.45, 7) is 5.57. The zero-order valence-electron chi connectivity index (χ0n) is 25.9. The average molecular weight is 612 g/mol. The first kappa shape index (κ1) is 30.4. The Morgan fingerprint density at radius 2 is 1.33 bits per heavy atom. The first-order chi connectivity index (χ1) is 22.2. The van der Waals surface area contributed by atoms with Gasteiger partial charge in [-0.05, 0) is 67.8 Å². The van der Waals surface area contributed by atoms with Crippen molar-refractivity contribution in [3.63, 3.8) is 0 Å². The van der Waals surface area contributed by atoms with Crippen molar-refractivity contribution >= 4 is 6.09 Å². The van der Waals surface area contributed by atoms with E-state index in [1.165, 1.54) is 12.1 Å². The molecule has 0 saturated heterocycles. The van der Waals surface area contributed by atoms with Gasteiger partial charge in [0, 0.05) is 29.4 Å². The maximum absolute atomic E-state index is 13.7. The Balaban J connectivity index is 1.51. The van der Waals surface area contributed by atoms with Crippen LogP contribution in [-0.2, 0) is 16.8 Å². The van der Waals surface area contributed by atoms with Crippen LogP contribution in [0.25, 0.3) is 22.6 Å². The summed E-state index contributed by atoms with van der Waals surface area (Å²) in [7, 11) is 0. The highest BCUT2D eigenvalue weighted by Gasteiger charge is 2.39. The molecule has 46 heavy (non-hydrogen) atoms. The van der Waals surface area contributed by atoms with Gasteiger partial charge in [-0.3, -0.25) is 4.98 Å². The number of aromatic nitrogens is 4. The van der Waals surface area contributed by atoms with Crippen LogP contribution < -0.4 is 5.32 Å². The van der Waals surface area contributed by atoms with Gasteiger partial charge in [0.2, 0.25) is 0 Å². The number of pyridine rings is 1. The van der Waals surface area contributed by atoms with E-state index in [-0.39, 0.29) is 12.4 Å². The van der Waals surface area contributed by atoms with E-state index in [9.17, 15) is 9.18 Å². The first-order valence-corrected chi connectivity index (χ1v) is 15.0. The van der Waals surface area contributed by atoms with E-state index in [1.54, 1.807) is 24.7 Å². The van der Waals surface area contributed by atoms with E-state index in [0.717, 1.165) is 22.3 Å². The lowest BCUT2D eigenvalue weighted by Gasteiger charge is -2.35. The van der Waals surface area contributed by atoms with Gasteiger partial charge in [-0.15, -0.1) is 5.10 Å². The molecule has 0 atom stereocenters. The second-order valence-corrected chi connectivity index (χ2v) is 11.9. The average Bonchev–Trinajstić information content (AvgIpc) is 3.56. The molecule has 7 nitrogen and oxygen atoms in total. The maximum atomic E-state index is 13.7. The largest absolute Gasteiger partial charge is 0.444 e. The molecule has 2 heterocycles. The Kier molecular flexibility index (Phi) is 8.44. The zero-order valence-corrected chi connectivity index (χ0v) is 25.9. The van der Waals surface area contributed by atoms with Crippen molar-refractivity contribution in [2.45, 2.75) is 38.5 Å². The molecule has 0 spiro atoms. The molecule has 0 aliphatic heterocycles. The summed E-state index contributed by atoms with van der Waals surface area (Å²) in [5, 5.41) is 7.99. The predicted octanol–water partition coefficient (Wildman–Crippen LogP) is 8.01. The van der Waals surface area contributed by atoms with E-state index >= 15 is 0 Å². The standard InChI is InChI=1S/C38H34FN5O2/c1-37(2,3)46-36(45)41-25-28-24-40-34(27-19-21-32(39)22-20-27)23-33(28)35-42-26-44(43-35)38(29-13-7-4-8-14-29,30-15-9-5-10-16-30)31-17-11-6-12-18-31/h4-24,26H,25H2,1-3H3,(H,41,45). The molecule has 0 radical (unpaired) electrons. The number of carbonyl (C=O) groups excluding carboxylic acids is 1. The van der Waals surface area contributed by atoms with Crippen LogP contribution in [0.5, 0.6) is 0 Å². The number of carbonyl (C=O) groups is 1. The third-order valence-electron chi connectivity index (χ3n) is 7.60. The first-order valence-electron chi connectivity index (χ1n) is 15.0. The van der Waals surface area contributed by atoms with Crippen molar-refractivity contribution in [2.24, 2.45) is 0 Å². The molecule has 0 saturated carbocycles. The molecule has 6 aromatic rings. The van der Waals surface area contributed by atoms with Crippen LogP contribution in [0.1, 0.15) is 43.0 Å². The number of nitrogens with zero attached hydrogens (tertiary/aromatic N) is 4. The van der Waals surface area contributed by atoms with Gasteiger partial charge in [0.05, 0.1) is 5.69 Å². The highest BCUT2D eigenvalue weighted by molar-refractivity contribution is 5.71. The van der Waals surface area contributed by atoms with Gasteiger partial charge in [-0.25, -0.2) is 18.9 Å². The van der Waals surface area contributed by atoms with Crippen molar-refractivity contribution < 1.29 is 13.9 Å². The van der Waals surface area contributed by atoms with Gasteiger partial charge >= 0.3 is 6.09 Å². The van der Waals surface area contributed by atoms with Crippen LogP contribution in [0.2, 0.25) is 0 Å². The molecule has 0 unspecified atom stereocenters. The number of rotatable bonds is 8. The van der Waals surface area contributed by atoms with Crippen LogP contribution in [-0.4, -0.2) is 31.4 Å². The number of hydrogen-bond donors (Lipinski definition) is 1. The Bertz CT molecular complexity index is 1820. The Morgan fingerprint density at radius 3 is 1.85 bits per heavy atom. The summed E-state index contributed by atoms with van der Waals surface area (Å²) in [4.78, 5) is 22.1. The second kappa shape index (κ2) is 12.8. The minimum absolute atomic E-state index is 0.136. The van der Waals surface area contributed by atoms with Gasteiger partial charge in [0.25, 0.3) is 0 Å². The smallest absolute Gasteiger partial charge is 0.407 e. The van der Waals surface area contributed by atoms with Crippen molar-refractivity contribution in [1.82, 2.24) is 25.1 Å². The summed E-state index contributed by atoms with van der Waals surface area (Å²) in [5.41, 5.74) is 4.26. The maximum Gasteiger partial charge on any atom is 0.407 e. The minimum Gasteiger partial charge on any atom is -0.444 e. The highest BCUT2D eigenvalue weighted by atomic mass is 19.1. The Morgan fingerprint density at radius 1 is 0.783 bits per heavy atom. The van der Waals surface area contributed by atoms with E-state index in [2.05, 4.69) is 46.7 Å². The number of halogens is 1. The summed E-state index contributed by atoms with van der Waals surface area (Å²) in [6, 6.07) is 38.7. The molecule has 8 heteroatoms. The number of amides is 1. The van der Waals surface area contributed by atoms with Crippen molar-refractivity contribution in [3.8, 4) is 22.6 Å². The molecule has 2 aromatic heterocycles. The van der Waals surface area contributed by atoms with Crippen LogP contribution in [0.3, 0.4) is 0 Å². The highest BCUT2D eigenvalue weighted by Crippen LogP contribution is 2.40. The van der Waals surface area contributed by atoms with E-state index < -0.39 is 17.2 Å². The third-order valence-corrected chi connectivity index (χ3v) is 7.60. The molecule has 1 N–H and O–H groups in total. The van der Waals surface area contributed by atoms with Crippen LogP contribution in [0.4, 0.5) is 9.18 Å². The Labute approximate surface area is 267 Å². The molecule has 1 amide bonds. The lowest BCUT2D eigenvalue weighted by atomic mass is 9.77. The molecule has 0 fully saturated rings. The summed E-state index contributed by atoms with van der Waals surface area (Å²) in [5.74, 6) is 0.112. The molecule has 0 aliphatic carbocycles. The Hall–Kier alpha value is -5.63. The normalized spacial score (nSPS) is 11.7. The predicted molar refractivity (Wildman–Crippen MR) is 176 cm³/mol. The summed E-state index contributed by atoms with van der Waals surface area (Å²) < 4.78 is 21.1. The fourth-order valence-corrected chi connectivity index (χ4v) is 5.58. The SMILES string of the molecule is CC(C)(C)OC(=O)NCc1cnc(-c2ccc(F)cc2)cc1-c1ncn(C(c2ccccc2)(c2ccccc2)c2ccccc2)n1. The van der Waals surface area contributed by atoms with Crippen LogP contribution in [0, 0.1) is 5.82 Å². The summed E-state index contributed by atoms with van der Waals surface area (Å²) >= 11 is 0. The molecular weight excluding hydrogens is 577 g/mol. The van der Waals surface area contributed by atoms with E-state index in [0.29, 0.717) is 22.6 Å². The number of ether oxygens (including phenoxy) is 1. The van der Waals surface area contributed by atoms with Crippen molar-refractivity contribution in [3.05, 3.63) is 162 Å². The van der Waals surface area contributed by atoms with Crippen molar-refractivity contribution in [2.75, 3.05) is 0 Å². The van der Waals surface area contributed by atoms with Crippen molar-refractivity contribution in [1.29, 1.82) is 0 Å². The topological polar surface area (TPSA) is 81.9 Å². The molecule has 6 rings (SSSR count). The summed E-state index contributed by atoms with van der Waals surface area (Å²) in [6.07, 6.45) is 2.88. The van der Waals surface area contributed by atoms with Crippen LogP contribution >= 0.6 is 0 Å². The van der Waals surface area contributed by atoms with E-state index in [4.69, 9.17) is 14.8 Å².